The Bertz CT molecular complexity index is 472. The van der Waals surface area contributed by atoms with Crippen molar-refractivity contribution >= 4 is 16.2 Å². The maximum atomic E-state index is 11.4. The Morgan fingerprint density at radius 3 is 2.41 bits per heavy atom. The van der Waals surface area contributed by atoms with Gasteiger partial charge in [-0.25, -0.2) is 0 Å². The first-order valence-corrected chi connectivity index (χ1v) is 6.36. The molecule has 0 fully saturated rings. The molecule has 0 spiro atoms. The molecule has 1 amide bonds. The summed E-state index contributed by atoms with van der Waals surface area (Å²) < 4.78 is 32.0. The lowest BCUT2D eigenvalue weighted by molar-refractivity contribution is -0.122. The molecule has 0 saturated heterocycles. The summed E-state index contributed by atoms with van der Waals surface area (Å²) in [6.45, 7) is 0. The highest BCUT2D eigenvalue weighted by Gasteiger charge is 2.22. The second kappa shape index (κ2) is 5.76. The van der Waals surface area contributed by atoms with Gasteiger partial charge in [-0.2, -0.15) is 13.1 Å². The van der Waals surface area contributed by atoms with E-state index in [1.807, 2.05) is 10.8 Å². The van der Waals surface area contributed by atoms with Gasteiger partial charge in [-0.1, -0.05) is 30.3 Å². The summed E-state index contributed by atoms with van der Waals surface area (Å²) in [5.74, 6) is -0.508. The summed E-state index contributed by atoms with van der Waals surface area (Å²) >= 11 is 0. The molecule has 0 aliphatic carbocycles. The van der Waals surface area contributed by atoms with Gasteiger partial charge in [-0.05, 0) is 12.0 Å². The number of nitrogens with one attached hydrogen (secondary N) is 2. The third kappa shape index (κ3) is 4.94. The van der Waals surface area contributed by atoms with E-state index in [1.165, 1.54) is 7.05 Å². The molecule has 1 unspecified atom stereocenters. The first-order valence-electron chi connectivity index (χ1n) is 4.92. The number of carbonyl (C=O) groups is 1. The molecule has 0 heterocycles. The van der Waals surface area contributed by atoms with Crippen molar-refractivity contribution in [1.29, 1.82) is 0 Å². The largest absolute Gasteiger partial charge is 0.358 e. The highest BCUT2D eigenvalue weighted by Crippen LogP contribution is 2.04. The van der Waals surface area contributed by atoms with E-state index in [0.717, 1.165) is 5.56 Å². The topological polar surface area (TPSA) is 95.5 Å². The summed E-state index contributed by atoms with van der Waals surface area (Å²) in [5.41, 5.74) is 0.789. The molecule has 7 heteroatoms. The quantitative estimate of drug-likeness (QED) is 0.634. The number of carbonyl (C=O) groups excluding carboxylic acids is 1. The average Bonchev–Trinajstić information content (AvgIpc) is 2.27. The fourth-order valence-corrected chi connectivity index (χ4v) is 1.94. The van der Waals surface area contributed by atoms with Crippen LogP contribution in [0.25, 0.3) is 0 Å². The van der Waals surface area contributed by atoms with Crippen LogP contribution in [0.5, 0.6) is 0 Å². The molecule has 6 nitrogen and oxygen atoms in total. The van der Waals surface area contributed by atoms with Crippen LogP contribution >= 0.6 is 0 Å². The Morgan fingerprint density at radius 2 is 1.94 bits per heavy atom. The summed E-state index contributed by atoms with van der Waals surface area (Å²) in [6, 6.07) is 7.88. The fourth-order valence-electron chi connectivity index (χ4n) is 1.39. The SMILES string of the molecule is CNC(=O)C(Cc1ccccc1)NS(=O)(=O)O. The van der Waals surface area contributed by atoms with E-state index in [0.29, 0.717) is 0 Å². The van der Waals surface area contributed by atoms with Crippen molar-refractivity contribution < 1.29 is 17.8 Å². The van der Waals surface area contributed by atoms with Crippen molar-refractivity contribution in [3.63, 3.8) is 0 Å². The van der Waals surface area contributed by atoms with Gasteiger partial charge in [0, 0.05) is 7.05 Å². The molecule has 0 saturated carbocycles. The Labute approximate surface area is 99.9 Å². The van der Waals surface area contributed by atoms with Crippen LogP contribution in [0.15, 0.2) is 30.3 Å². The molecule has 1 atom stereocenters. The van der Waals surface area contributed by atoms with Crippen LogP contribution in [-0.2, 0) is 21.5 Å². The minimum absolute atomic E-state index is 0.167. The lowest BCUT2D eigenvalue weighted by Gasteiger charge is -2.15. The lowest BCUT2D eigenvalue weighted by atomic mass is 10.1. The van der Waals surface area contributed by atoms with Gasteiger partial charge in [0.1, 0.15) is 6.04 Å². The van der Waals surface area contributed by atoms with Gasteiger partial charge < -0.3 is 5.32 Å². The van der Waals surface area contributed by atoms with Crippen molar-refractivity contribution in [1.82, 2.24) is 10.0 Å². The lowest BCUT2D eigenvalue weighted by Crippen LogP contribution is -2.46. The van der Waals surface area contributed by atoms with Gasteiger partial charge in [-0.15, -0.1) is 0 Å². The molecule has 0 bridgehead atoms. The van der Waals surface area contributed by atoms with Crippen LogP contribution in [0.1, 0.15) is 5.56 Å². The van der Waals surface area contributed by atoms with Crippen LogP contribution in [0.4, 0.5) is 0 Å². The van der Waals surface area contributed by atoms with Gasteiger partial charge in [-0.3, -0.25) is 9.35 Å². The average molecular weight is 258 g/mol. The molecule has 1 aromatic rings. The van der Waals surface area contributed by atoms with Crippen LogP contribution in [0, 0.1) is 0 Å². The monoisotopic (exact) mass is 258 g/mol. The Balaban J connectivity index is 2.81. The van der Waals surface area contributed by atoms with Crippen molar-refractivity contribution in [2.75, 3.05) is 7.05 Å². The van der Waals surface area contributed by atoms with E-state index in [-0.39, 0.29) is 6.42 Å². The first-order chi connectivity index (χ1) is 7.92. The van der Waals surface area contributed by atoms with E-state index in [1.54, 1.807) is 24.3 Å². The van der Waals surface area contributed by atoms with E-state index in [9.17, 15) is 13.2 Å². The molecule has 0 aromatic heterocycles. The number of hydrogen-bond donors (Lipinski definition) is 3. The molecule has 94 valence electrons. The van der Waals surface area contributed by atoms with Crippen LogP contribution in [-0.4, -0.2) is 32.0 Å². The van der Waals surface area contributed by atoms with Gasteiger partial charge in [0.25, 0.3) is 0 Å². The number of benzene rings is 1. The maximum Gasteiger partial charge on any atom is 0.334 e. The van der Waals surface area contributed by atoms with E-state index in [4.69, 9.17) is 4.55 Å². The fraction of sp³-hybridized carbons (Fsp3) is 0.300. The molecule has 0 aliphatic heterocycles. The van der Waals surface area contributed by atoms with Gasteiger partial charge >= 0.3 is 10.3 Å². The van der Waals surface area contributed by atoms with E-state index >= 15 is 0 Å². The summed E-state index contributed by atoms with van der Waals surface area (Å²) in [4.78, 5) is 11.4. The highest BCUT2D eigenvalue weighted by molar-refractivity contribution is 7.83. The first kappa shape index (κ1) is 13.6. The molecule has 0 aliphatic rings. The Kier molecular flexibility index (Phi) is 4.62. The van der Waals surface area contributed by atoms with Crippen molar-refractivity contribution in [2.45, 2.75) is 12.5 Å². The third-order valence-electron chi connectivity index (χ3n) is 2.14. The minimum Gasteiger partial charge on any atom is -0.358 e. The minimum atomic E-state index is -4.41. The highest BCUT2D eigenvalue weighted by atomic mass is 32.2. The van der Waals surface area contributed by atoms with Crippen molar-refractivity contribution in [3.8, 4) is 0 Å². The number of amides is 1. The third-order valence-corrected chi connectivity index (χ3v) is 2.72. The molecule has 17 heavy (non-hydrogen) atoms. The second-order valence-electron chi connectivity index (χ2n) is 3.45. The zero-order valence-corrected chi connectivity index (χ0v) is 10.1. The number of rotatable bonds is 5. The standard InChI is InChI=1S/C10H14N2O4S/c1-11-10(13)9(12-17(14,15)16)7-8-5-3-2-4-6-8/h2-6,9,12H,7H2,1H3,(H,11,13)(H,14,15,16). The van der Waals surface area contributed by atoms with Crippen molar-refractivity contribution in [3.05, 3.63) is 35.9 Å². The summed E-state index contributed by atoms with van der Waals surface area (Å²) in [5, 5.41) is 2.33. The summed E-state index contributed by atoms with van der Waals surface area (Å²) in [7, 11) is -3.01. The van der Waals surface area contributed by atoms with Gasteiger partial charge in [0.05, 0.1) is 0 Å². The molecule has 0 radical (unpaired) electrons. The van der Waals surface area contributed by atoms with Crippen molar-refractivity contribution in [2.24, 2.45) is 0 Å². The predicted molar refractivity (Wildman–Crippen MR) is 62.7 cm³/mol. The van der Waals surface area contributed by atoms with E-state index in [2.05, 4.69) is 5.32 Å². The van der Waals surface area contributed by atoms with Gasteiger partial charge in [0.15, 0.2) is 0 Å². The zero-order chi connectivity index (χ0) is 12.9. The molecule has 1 aromatic carbocycles. The summed E-state index contributed by atoms with van der Waals surface area (Å²) in [6.07, 6.45) is 0.167. The van der Waals surface area contributed by atoms with E-state index < -0.39 is 22.3 Å². The normalized spacial score (nSPS) is 13.1. The van der Waals surface area contributed by atoms with Crippen LogP contribution < -0.4 is 10.0 Å². The maximum absolute atomic E-state index is 11.4. The van der Waals surface area contributed by atoms with Gasteiger partial charge in [0.2, 0.25) is 5.91 Å². The van der Waals surface area contributed by atoms with Crippen LogP contribution in [0.3, 0.4) is 0 Å². The number of likely N-dealkylation sites (N-methyl/N-ethyl adjacent to an activating group) is 1. The smallest absolute Gasteiger partial charge is 0.334 e. The Morgan fingerprint density at radius 1 is 1.35 bits per heavy atom. The molecule has 1 rings (SSSR count). The zero-order valence-electron chi connectivity index (χ0n) is 9.25. The molecular formula is C10H14N2O4S. The predicted octanol–water partition coefficient (Wildman–Crippen LogP) is -0.264. The second-order valence-corrected chi connectivity index (χ2v) is 4.64. The Hall–Kier alpha value is -1.44. The molecular weight excluding hydrogens is 244 g/mol. The molecule has 3 N–H and O–H groups in total. The number of hydrogen-bond acceptors (Lipinski definition) is 3. The van der Waals surface area contributed by atoms with Crippen LogP contribution in [0.2, 0.25) is 0 Å².